The Morgan fingerprint density at radius 1 is 1.21 bits per heavy atom. The topological polar surface area (TPSA) is 62.2 Å². The highest BCUT2D eigenvalue weighted by Gasteiger charge is 2.49. The highest BCUT2D eigenvalue weighted by molar-refractivity contribution is 7.98. The Morgan fingerprint density at radius 3 is 2.71 bits per heavy atom. The van der Waals surface area contributed by atoms with Gasteiger partial charge in [0.1, 0.15) is 5.82 Å². The Balaban J connectivity index is 1.61. The summed E-state index contributed by atoms with van der Waals surface area (Å²) < 4.78 is 0. The first-order valence-electron chi connectivity index (χ1n) is 8.21. The van der Waals surface area contributed by atoms with E-state index in [0.717, 1.165) is 30.6 Å². The lowest BCUT2D eigenvalue weighted by Gasteiger charge is -2.15. The number of hydrogen-bond donors (Lipinski definition) is 2. The second-order valence-electron chi connectivity index (χ2n) is 6.22. The van der Waals surface area contributed by atoms with Gasteiger partial charge in [0.05, 0.1) is 12.0 Å². The number of hydrogen-bond acceptors (Lipinski definition) is 4. The molecule has 24 heavy (non-hydrogen) atoms. The van der Waals surface area contributed by atoms with Crippen LogP contribution in [-0.2, 0) is 17.0 Å². The highest BCUT2D eigenvalue weighted by atomic mass is 32.2. The summed E-state index contributed by atoms with van der Waals surface area (Å²) >= 11 is 1.66. The van der Waals surface area contributed by atoms with Gasteiger partial charge in [0.25, 0.3) is 0 Å². The van der Waals surface area contributed by atoms with Crippen molar-refractivity contribution in [2.45, 2.75) is 25.0 Å². The van der Waals surface area contributed by atoms with Crippen LogP contribution in [0, 0.1) is 5.41 Å². The lowest BCUT2D eigenvalue weighted by molar-refractivity contribution is -0.121. The smallest absolute Gasteiger partial charge is 0.232 e. The van der Waals surface area contributed by atoms with Gasteiger partial charge in [-0.1, -0.05) is 30.3 Å². The third kappa shape index (κ3) is 4.36. The van der Waals surface area contributed by atoms with Gasteiger partial charge in [-0.15, -0.1) is 0 Å². The molecule has 0 saturated heterocycles. The summed E-state index contributed by atoms with van der Waals surface area (Å²) in [5.74, 6) is 2.20. The van der Waals surface area contributed by atoms with Gasteiger partial charge in [-0.3, -0.25) is 4.79 Å². The van der Waals surface area contributed by atoms with Crippen molar-refractivity contribution in [3.8, 4) is 0 Å². The van der Waals surface area contributed by atoms with Crippen molar-refractivity contribution >= 4 is 23.5 Å². The zero-order valence-corrected chi connectivity index (χ0v) is 14.4. The van der Waals surface area contributed by atoms with Gasteiger partial charge in [0.2, 0.25) is 5.91 Å². The summed E-state index contributed by atoms with van der Waals surface area (Å²) in [5, 5.41) is 11.8. The van der Waals surface area contributed by atoms with E-state index < -0.39 is 0 Å². The molecule has 0 spiro atoms. The summed E-state index contributed by atoms with van der Waals surface area (Å²) in [6.45, 7) is 0.182. The lowest BCUT2D eigenvalue weighted by Crippen LogP contribution is -2.26. The maximum Gasteiger partial charge on any atom is 0.232 e. The second kappa shape index (κ2) is 7.81. The number of rotatable bonds is 8. The van der Waals surface area contributed by atoms with E-state index in [1.54, 1.807) is 18.0 Å². The molecule has 1 heterocycles. The molecule has 1 aromatic heterocycles. The van der Waals surface area contributed by atoms with Crippen molar-refractivity contribution in [2.75, 3.05) is 17.7 Å². The fraction of sp³-hybridized carbons (Fsp3) is 0.368. The summed E-state index contributed by atoms with van der Waals surface area (Å²) in [4.78, 5) is 16.9. The molecule has 0 bridgehead atoms. The van der Waals surface area contributed by atoms with Crippen LogP contribution in [0.5, 0.6) is 0 Å². The van der Waals surface area contributed by atoms with Crippen LogP contribution in [-0.4, -0.2) is 28.4 Å². The van der Waals surface area contributed by atoms with E-state index in [2.05, 4.69) is 22.4 Å². The zero-order valence-electron chi connectivity index (χ0n) is 13.6. The minimum atomic E-state index is -0.273. The van der Waals surface area contributed by atoms with Crippen molar-refractivity contribution in [2.24, 2.45) is 5.41 Å². The number of aliphatic hydroxyl groups excluding tert-OH is 1. The zero-order chi connectivity index (χ0) is 16.8. The van der Waals surface area contributed by atoms with E-state index in [4.69, 9.17) is 5.11 Å². The van der Waals surface area contributed by atoms with Gasteiger partial charge >= 0.3 is 0 Å². The first-order chi connectivity index (χ1) is 11.7. The quantitative estimate of drug-likeness (QED) is 0.723. The van der Waals surface area contributed by atoms with Crippen molar-refractivity contribution in [1.82, 2.24) is 4.98 Å². The number of anilines is 1. The number of aliphatic hydroxyl groups is 1. The molecule has 1 aromatic carbocycles. The molecule has 2 N–H and O–H groups in total. The summed E-state index contributed by atoms with van der Waals surface area (Å²) in [7, 11) is 0. The third-order valence-corrected chi connectivity index (χ3v) is 5.30. The Morgan fingerprint density at radius 2 is 2.00 bits per heavy atom. The van der Waals surface area contributed by atoms with Crippen LogP contribution in [0.3, 0.4) is 0 Å². The number of carbonyl (C=O) groups is 1. The molecule has 1 amide bonds. The Hall–Kier alpha value is -1.85. The van der Waals surface area contributed by atoms with E-state index in [9.17, 15) is 4.79 Å². The fourth-order valence-corrected chi connectivity index (χ4v) is 3.45. The summed E-state index contributed by atoms with van der Waals surface area (Å²) in [6, 6.07) is 14.0. The lowest BCUT2D eigenvalue weighted by atomic mass is 9.95. The van der Waals surface area contributed by atoms with Gasteiger partial charge in [-0.25, -0.2) is 4.98 Å². The Bertz CT molecular complexity index is 687. The molecule has 3 rings (SSSR count). The molecule has 0 unspecified atom stereocenters. The predicted octanol–water partition coefficient (Wildman–Crippen LogP) is 3.27. The Kier molecular flexibility index (Phi) is 5.53. The van der Waals surface area contributed by atoms with Gasteiger partial charge < -0.3 is 10.4 Å². The number of nitrogens with one attached hydrogen (secondary N) is 1. The molecule has 2 aromatic rings. The van der Waals surface area contributed by atoms with Crippen LogP contribution >= 0.6 is 11.8 Å². The molecule has 0 radical (unpaired) electrons. The summed E-state index contributed by atoms with van der Waals surface area (Å²) in [6.07, 6.45) is 4.37. The monoisotopic (exact) mass is 342 g/mol. The van der Waals surface area contributed by atoms with E-state index in [-0.39, 0.29) is 17.9 Å². The van der Waals surface area contributed by atoms with E-state index in [0.29, 0.717) is 11.6 Å². The summed E-state index contributed by atoms with van der Waals surface area (Å²) in [5.41, 5.74) is 2.03. The number of benzene rings is 1. The first-order valence-corrected chi connectivity index (χ1v) is 9.36. The van der Waals surface area contributed by atoms with Crippen LogP contribution in [0.15, 0.2) is 48.7 Å². The van der Waals surface area contributed by atoms with Gasteiger partial charge in [-0.2, -0.15) is 11.8 Å². The van der Waals surface area contributed by atoms with Gasteiger partial charge in [0.15, 0.2) is 0 Å². The SMILES string of the molecule is O=C(Nc1cc(CSCCO)ccn1)C1(Cc2ccccc2)CC1. The van der Waals surface area contributed by atoms with Crippen LogP contribution in [0.25, 0.3) is 0 Å². The minimum absolute atomic E-state index is 0.0685. The standard InChI is InChI=1S/C19H22N2O2S/c22-10-11-24-14-16-6-9-20-17(12-16)21-18(23)19(7-8-19)13-15-4-2-1-3-5-15/h1-6,9,12,22H,7-8,10-11,13-14H2,(H,20,21,23). The van der Waals surface area contributed by atoms with Crippen LogP contribution in [0.4, 0.5) is 5.82 Å². The molecule has 0 aliphatic heterocycles. The third-order valence-electron chi connectivity index (χ3n) is 4.29. The second-order valence-corrected chi connectivity index (χ2v) is 7.33. The molecule has 1 aliphatic carbocycles. The first kappa shape index (κ1) is 17.0. The van der Waals surface area contributed by atoms with E-state index in [1.165, 1.54) is 5.56 Å². The Labute approximate surface area is 146 Å². The maximum absolute atomic E-state index is 12.7. The van der Waals surface area contributed by atoms with E-state index >= 15 is 0 Å². The van der Waals surface area contributed by atoms with Gasteiger partial charge in [0, 0.05) is 17.7 Å². The largest absolute Gasteiger partial charge is 0.396 e. The molecule has 126 valence electrons. The predicted molar refractivity (Wildman–Crippen MR) is 97.9 cm³/mol. The normalized spacial score (nSPS) is 15.0. The molecule has 4 nitrogen and oxygen atoms in total. The van der Waals surface area contributed by atoms with Crippen LogP contribution in [0.1, 0.15) is 24.0 Å². The molecule has 5 heteroatoms. The number of carbonyl (C=O) groups excluding carboxylic acids is 1. The maximum atomic E-state index is 12.7. The molecular formula is C19H22N2O2S. The van der Waals surface area contributed by atoms with Crippen LogP contribution in [0.2, 0.25) is 0 Å². The number of amides is 1. The van der Waals surface area contributed by atoms with E-state index in [1.807, 2.05) is 30.3 Å². The molecular weight excluding hydrogens is 320 g/mol. The molecule has 0 atom stereocenters. The van der Waals surface area contributed by atoms with Crippen LogP contribution < -0.4 is 5.32 Å². The average Bonchev–Trinajstić information content (AvgIpc) is 3.37. The van der Waals surface area contributed by atoms with Crippen molar-refractivity contribution in [3.63, 3.8) is 0 Å². The number of nitrogens with zero attached hydrogens (tertiary/aromatic N) is 1. The fourth-order valence-electron chi connectivity index (χ4n) is 2.76. The number of pyridine rings is 1. The number of aromatic nitrogens is 1. The molecule has 1 fully saturated rings. The number of thioether (sulfide) groups is 1. The van der Waals surface area contributed by atoms with Crippen molar-refractivity contribution in [3.05, 3.63) is 59.8 Å². The molecule has 1 aliphatic rings. The van der Waals surface area contributed by atoms with Crippen molar-refractivity contribution < 1.29 is 9.90 Å². The van der Waals surface area contributed by atoms with Crippen molar-refractivity contribution in [1.29, 1.82) is 0 Å². The molecule has 1 saturated carbocycles. The highest BCUT2D eigenvalue weighted by Crippen LogP contribution is 2.49. The average molecular weight is 342 g/mol. The minimum Gasteiger partial charge on any atom is -0.396 e. The van der Waals surface area contributed by atoms with Gasteiger partial charge in [-0.05, 0) is 42.5 Å².